The topological polar surface area (TPSA) is 41.7 Å². The fourth-order valence-corrected chi connectivity index (χ4v) is 3.05. The summed E-state index contributed by atoms with van der Waals surface area (Å²) >= 11 is 0. The predicted molar refractivity (Wildman–Crippen MR) is 70.1 cm³/mol. The zero-order valence-corrected chi connectivity index (χ0v) is 11.3. The molecular weight excluding hydrogens is 214 g/mol. The number of piperidine rings is 1. The summed E-state index contributed by atoms with van der Waals surface area (Å²) < 4.78 is 5.42. The Kier molecular flexibility index (Phi) is 4.42. The molecule has 2 aliphatic heterocycles. The molecule has 2 N–H and O–H groups in total. The molecule has 2 fully saturated rings. The Hall–Kier alpha value is -0.160. The molecule has 1 unspecified atom stereocenters. The number of likely N-dealkylation sites (tertiary alicyclic amines) is 1. The number of hydrogen-bond acceptors (Lipinski definition) is 4. The van der Waals surface area contributed by atoms with Crippen LogP contribution >= 0.6 is 0 Å². The molecular formula is C13H27N3O. The van der Waals surface area contributed by atoms with Gasteiger partial charge in [0.1, 0.15) is 0 Å². The number of ether oxygens (including phenoxy) is 1. The predicted octanol–water partition coefficient (Wildman–Crippen LogP) is 0.520. The molecule has 0 radical (unpaired) electrons. The molecule has 0 aliphatic carbocycles. The van der Waals surface area contributed by atoms with E-state index in [1.165, 1.54) is 32.5 Å². The highest BCUT2D eigenvalue weighted by molar-refractivity contribution is 4.92. The lowest BCUT2D eigenvalue weighted by molar-refractivity contribution is 0.103. The van der Waals surface area contributed by atoms with E-state index in [0.717, 1.165) is 26.2 Å². The summed E-state index contributed by atoms with van der Waals surface area (Å²) in [6, 6.07) is 0.707. The second-order valence-electron chi connectivity index (χ2n) is 5.75. The number of nitrogens with zero attached hydrogens (tertiary/aromatic N) is 2. The van der Waals surface area contributed by atoms with Crippen LogP contribution in [0.15, 0.2) is 0 Å². The van der Waals surface area contributed by atoms with E-state index in [2.05, 4.69) is 23.8 Å². The van der Waals surface area contributed by atoms with Gasteiger partial charge in [-0.25, -0.2) is 0 Å². The molecule has 2 aliphatic rings. The van der Waals surface area contributed by atoms with Crippen LogP contribution < -0.4 is 5.73 Å². The first-order valence-electron chi connectivity index (χ1n) is 6.92. The molecule has 0 bridgehead atoms. The van der Waals surface area contributed by atoms with Crippen molar-refractivity contribution in [2.45, 2.75) is 37.8 Å². The molecule has 0 amide bonds. The Bertz CT molecular complexity index is 233. The monoisotopic (exact) mass is 241 g/mol. The van der Waals surface area contributed by atoms with Gasteiger partial charge in [-0.15, -0.1) is 0 Å². The SMILES string of the molecule is CCN1CCC(N(C)CC2(N)CCOC2)CC1. The van der Waals surface area contributed by atoms with E-state index in [-0.39, 0.29) is 5.54 Å². The minimum absolute atomic E-state index is 0.101. The van der Waals surface area contributed by atoms with Crippen molar-refractivity contribution in [2.24, 2.45) is 5.73 Å². The van der Waals surface area contributed by atoms with Crippen LogP contribution in [0.4, 0.5) is 0 Å². The van der Waals surface area contributed by atoms with Crippen molar-refractivity contribution in [1.82, 2.24) is 9.80 Å². The van der Waals surface area contributed by atoms with E-state index in [0.29, 0.717) is 6.04 Å². The highest BCUT2D eigenvalue weighted by Gasteiger charge is 2.33. The van der Waals surface area contributed by atoms with E-state index >= 15 is 0 Å². The third kappa shape index (κ3) is 3.41. The molecule has 2 heterocycles. The first-order valence-corrected chi connectivity index (χ1v) is 6.92. The fourth-order valence-electron chi connectivity index (χ4n) is 3.05. The van der Waals surface area contributed by atoms with Crippen LogP contribution in [0.3, 0.4) is 0 Å². The molecule has 0 spiro atoms. The Balaban J connectivity index is 1.78. The standard InChI is InChI=1S/C13H27N3O/c1-3-16-7-4-12(5-8-16)15(2)10-13(14)6-9-17-11-13/h12H,3-11,14H2,1-2H3. The van der Waals surface area contributed by atoms with Gasteiger partial charge in [-0.1, -0.05) is 6.92 Å². The summed E-state index contributed by atoms with van der Waals surface area (Å²) in [5.41, 5.74) is 6.24. The molecule has 0 aromatic heterocycles. The Morgan fingerprint density at radius 1 is 1.41 bits per heavy atom. The molecule has 4 heteroatoms. The molecule has 0 aromatic rings. The van der Waals surface area contributed by atoms with Gasteiger partial charge in [-0.05, 0) is 45.9 Å². The van der Waals surface area contributed by atoms with Crippen molar-refractivity contribution in [3.8, 4) is 0 Å². The lowest BCUT2D eigenvalue weighted by Gasteiger charge is -2.39. The first-order chi connectivity index (χ1) is 8.13. The largest absolute Gasteiger partial charge is 0.379 e. The smallest absolute Gasteiger partial charge is 0.0659 e. The van der Waals surface area contributed by atoms with Crippen LogP contribution in [0, 0.1) is 0 Å². The van der Waals surface area contributed by atoms with Crippen molar-refractivity contribution in [3.63, 3.8) is 0 Å². The van der Waals surface area contributed by atoms with Gasteiger partial charge in [-0.3, -0.25) is 0 Å². The summed E-state index contributed by atoms with van der Waals surface area (Å²) in [5, 5.41) is 0. The zero-order valence-electron chi connectivity index (χ0n) is 11.3. The lowest BCUT2D eigenvalue weighted by atomic mass is 9.96. The molecule has 0 saturated carbocycles. The van der Waals surface area contributed by atoms with E-state index < -0.39 is 0 Å². The van der Waals surface area contributed by atoms with Crippen LogP contribution in [-0.2, 0) is 4.74 Å². The maximum Gasteiger partial charge on any atom is 0.0659 e. The van der Waals surface area contributed by atoms with Gasteiger partial charge in [0.25, 0.3) is 0 Å². The summed E-state index contributed by atoms with van der Waals surface area (Å²) in [4.78, 5) is 4.99. The summed E-state index contributed by atoms with van der Waals surface area (Å²) in [6.07, 6.45) is 3.56. The Labute approximate surface area is 105 Å². The van der Waals surface area contributed by atoms with Crippen LogP contribution in [0.2, 0.25) is 0 Å². The Morgan fingerprint density at radius 3 is 2.65 bits per heavy atom. The van der Waals surface area contributed by atoms with Crippen molar-refractivity contribution in [2.75, 3.05) is 46.4 Å². The number of rotatable bonds is 4. The van der Waals surface area contributed by atoms with Gasteiger partial charge >= 0.3 is 0 Å². The van der Waals surface area contributed by atoms with E-state index in [9.17, 15) is 0 Å². The van der Waals surface area contributed by atoms with E-state index in [4.69, 9.17) is 10.5 Å². The van der Waals surface area contributed by atoms with Gasteiger partial charge in [0.2, 0.25) is 0 Å². The molecule has 17 heavy (non-hydrogen) atoms. The average molecular weight is 241 g/mol. The van der Waals surface area contributed by atoms with Gasteiger partial charge < -0.3 is 20.3 Å². The minimum atomic E-state index is -0.101. The summed E-state index contributed by atoms with van der Waals surface area (Å²) in [7, 11) is 2.22. The van der Waals surface area contributed by atoms with Crippen molar-refractivity contribution in [1.29, 1.82) is 0 Å². The third-order valence-electron chi connectivity index (χ3n) is 4.33. The Morgan fingerprint density at radius 2 is 2.12 bits per heavy atom. The summed E-state index contributed by atoms with van der Waals surface area (Å²) in [5.74, 6) is 0. The van der Waals surface area contributed by atoms with E-state index in [1.54, 1.807) is 0 Å². The van der Waals surface area contributed by atoms with Crippen LogP contribution in [0.1, 0.15) is 26.2 Å². The fraction of sp³-hybridized carbons (Fsp3) is 1.00. The highest BCUT2D eigenvalue weighted by Crippen LogP contribution is 2.21. The molecule has 2 rings (SSSR count). The quantitative estimate of drug-likeness (QED) is 0.779. The van der Waals surface area contributed by atoms with Crippen molar-refractivity contribution in [3.05, 3.63) is 0 Å². The third-order valence-corrected chi connectivity index (χ3v) is 4.33. The van der Waals surface area contributed by atoms with Gasteiger partial charge in [0, 0.05) is 19.2 Å². The van der Waals surface area contributed by atoms with Gasteiger partial charge in [0.15, 0.2) is 0 Å². The second kappa shape index (κ2) is 5.65. The minimum Gasteiger partial charge on any atom is -0.379 e. The second-order valence-corrected chi connectivity index (χ2v) is 5.75. The average Bonchev–Trinajstić information content (AvgIpc) is 2.76. The summed E-state index contributed by atoms with van der Waals surface area (Å²) in [6.45, 7) is 8.44. The molecule has 1 atom stereocenters. The van der Waals surface area contributed by atoms with E-state index in [1.807, 2.05) is 0 Å². The van der Waals surface area contributed by atoms with Crippen molar-refractivity contribution >= 4 is 0 Å². The van der Waals surface area contributed by atoms with Crippen LogP contribution in [-0.4, -0.2) is 67.8 Å². The van der Waals surface area contributed by atoms with Crippen LogP contribution in [0.5, 0.6) is 0 Å². The normalized spacial score (nSPS) is 32.5. The number of nitrogens with two attached hydrogens (primary N) is 1. The molecule has 4 nitrogen and oxygen atoms in total. The molecule has 2 saturated heterocycles. The highest BCUT2D eigenvalue weighted by atomic mass is 16.5. The molecule has 100 valence electrons. The van der Waals surface area contributed by atoms with Crippen LogP contribution in [0.25, 0.3) is 0 Å². The maximum absolute atomic E-state index is 6.34. The number of hydrogen-bond donors (Lipinski definition) is 1. The zero-order chi connectivity index (χ0) is 12.3. The lowest BCUT2D eigenvalue weighted by Crippen LogP contribution is -2.54. The van der Waals surface area contributed by atoms with Gasteiger partial charge in [0.05, 0.1) is 12.1 Å². The van der Waals surface area contributed by atoms with Crippen molar-refractivity contribution < 1.29 is 4.74 Å². The maximum atomic E-state index is 6.34. The first kappa shape index (κ1) is 13.3. The molecule has 0 aromatic carbocycles. The number of likely N-dealkylation sites (N-methyl/N-ethyl adjacent to an activating group) is 1. The van der Waals surface area contributed by atoms with Gasteiger partial charge in [-0.2, -0.15) is 0 Å².